The van der Waals surface area contributed by atoms with Crippen molar-refractivity contribution in [3.63, 3.8) is 0 Å². The third kappa shape index (κ3) is 4.99. The van der Waals surface area contributed by atoms with Crippen molar-refractivity contribution in [3.8, 4) is 0 Å². The molecular formula is C21H21N3O6. The van der Waals surface area contributed by atoms with Gasteiger partial charge in [-0.05, 0) is 43.2 Å². The number of non-ortho nitro benzene ring substituents is 1. The van der Waals surface area contributed by atoms with E-state index in [4.69, 9.17) is 4.74 Å². The number of amides is 2. The number of nitro groups is 1. The summed E-state index contributed by atoms with van der Waals surface area (Å²) in [5.41, 5.74) is 1.47. The van der Waals surface area contributed by atoms with Gasteiger partial charge < -0.3 is 15.0 Å². The predicted octanol–water partition coefficient (Wildman–Crippen LogP) is 2.76. The molecule has 2 aromatic rings. The lowest BCUT2D eigenvalue weighted by Gasteiger charge is -2.16. The van der Waals surface area contributed by atoms with Crippen LogP contribution in [0.4, 0.5) is 11.4 Å². The Balaban J connectivity index is 1.51. The average molecular weight is 411 g/mol. The molecule has 0 aliphatic carbocycles. The highest BCUT2D eigenvalue weighted by atomic mass is 16.6. The SMILES string of the molecule is C[C@H](OC(=O)CNC(=O)c1ccc(N2CCCC2=O)cc1)c1cccc([N+](=O)[O-])c1. The lowest BCUT2D eigenvalue weighted by Crippen LogP contribution is -2.31. The van der Waals surface area contributed by atoms with Crippen LogP contribution in [-0.4, -0.2) is 35.8 Å². The fourth-order valence-electron chi connectivity index (χ4n) is 3.17. The van der Waals surface area contributed by atoms with Gasteiger partial charge in [-0.15, -0.1) is 0 Å². The van der Waals surface area contributed by atoms with Crippen LogP contribution in [0, 0.1) is 10.1 Å². The molecule has 9 heteroatoms. The fourth-order valence-corrected chi connectivity index (χ4v) is 3.17. The first-order chi connectivity index (χ1) is 14.3. The molecule has 0 saturated carbocycles. The first-order valence-corrected chi connectivity index (χ1v) is 9.47. The van der Waals surface area contributed by atoms with Gasteiger partial charge in [-0.25, -0.2) is 0 Å². The molecule has 2 amide bonds. The fraction of sp³-hybridized carbons (Fsp3) is 0.286. The summed E-state index contributed by atoms with van der Waals surface area (Å²) in [6.45, 7) is 1.92. The highest BCUT2D eigenvalue weighted by Crippen LogP contribution is 2.22. The van der Waals surface area contributed by atoms with Crippen molar-refractivity contribution in [2.75, 3.05) is 18.0 Å². The minimum absolute atomic E-state index is 0.0628. The van der Waals surface area contributed by atoms with Crippen LogP contribution in [0.15, 0.2) is 48.5 Å². The van der Waals surface area contributed by atoms with Crippen LogP contribution in [0.5, 0.6) is 0 Å². The van der Waals surface area contributed by atoms with E-state index in [1.165, 1.54) is 18.2 Å². The molecule has 1 saturated heterocycles. The van der Waals surface area contributed by atoms with Gasteiger partial charge in [0.15, 0.2) is 0 Å². The number of esters is 1. The number of hydrogen-bond donors (Lipinski definition) is 1. The Hall–Kier alpha value is -3.75. The first kappa shape index (κ1) is 21.0. The van der Waals surface area contributed by atoms with E-state index in [9.17, 15) is 24.5 Å². The summed E-state index contributed by atoms with van der Waals surface area (Å²) >= 11 is 0. The molecule has 1 fully saturated rings. The quantitative estimate of drug-likeness (QED) is 0.425. The van der Waals surface area contributed by atoms with Crippen molar-refractivity contribution in [3.05, 3.63) is 69.8 Å². The molecular weight excluding hydrogens is 390 g/mol. The van der Waals surface area contributed by atoms with E-state index >= 15 is 0 Å². The molecule has 1 aliphatic rings. The second kappa shape index (κ2) is 9.17. The molecule has 1 atom stereocenters. The zero-order valence-electron chi connectivity index (χ0n) is 16.4. The van der Waals surface area contributed by atoms with Gasteiger partial charge in [0.25, 0.3) is 11.6 Å². The van der Waals surface area contributed by atoms with Crippen LogP contribution in [0.1, 0.15) is 41.8 Å². The number of nitrogens with zero attached hydrogens (tertiary/aromatic N) is 2. The maximum Gasteiger partial charge on any atom is 0.326 e. The highest BCUT2D eigenvalue weighted by Gasteiger charge is 2.22. The van der Waals surface area contributed by atoms with Crippen LogP contribution in [-0.2, 0) is 14.3 Å². The molecule has 0 bridgehead atoms. The third-order valence-corrected chi connectivity index (χ3v) is 4.77. The van der Waals surface area contributed by atoms with Gasteiger partial charge in [0.1, 0.15) is 12.6 Å². The van der Waals surface area contributed by atoms with Crippen LogP contribution in [0.25, 0.3) is 0 Å². The van der Waals surface area contributed by atoms with Crippen molar-refractivity contribution in [1.82, 2.24) is 5.32 Å². The van der Waals surface area contributed by atoms with Crippen LogP contribution < -0.4 is 10.2 Å². The Bertz CT molecular complexity index is 973. The van der Waals surface area contributed by atoms with Crippen LogP contribution in [0.3, 0.4) is 0 Å². The Morgan fingerprint density at radius 2 is 1.97 bits per heavy atom. The smallest absolute Gasteiger partial charge is 0.326 e. The lowest BCUT2D eigenvalue weighted by atomic mass is 10.1. The van der Waals surface area contributed by atoms with Crippen molar-refractivity contribution < 1.29 is 24.0 Å². The number of ether oxygens (including phenoxy) is 1. The van der Waals surface area contributed by atoms with Gasteiger partial charge in [0.05, 0.1) is 4.92 Å². The maximum atomic E-state index is 12.2. The minimum atomic E-state index is -0.702. The van der Waals surface area contributed by atoms with Crippen molar-refractivity contribution in [2.24, 2.45) is 0 Å². The van der Waals surface area contributed by atoms with E-state index in [2.05, 4.69) is 5.32 Å². The van der Waals surface area contributed by atoms with Gasteiger partial charge in [0.2, 0.25) is 5.91 Å². The topological polar surface area (TPSA) is 119 Å². The van der Waals surface area contributed by atoms with Crippen molar-refractivity contribution in [1.29, 1.82) is 0 Å². The molecule has 3 rings (SSSR count). The summed E-state index contributed by atoms with van der Waals surface area (Å²) in [4.78, 5) is 48.1. The molecule has 0 aromatic heterocycles. The molecule has 1 heterocycles. The minimum Gasteiger partial charge on any atom is -0.456 e. The van der Waals surface area contributed by atoms with Crippen LogP contribution >= 0.6 is 0 Å². The summed E-state index contributed by atoms with van der Waals surface area (Å²) in [5, 5.41) is 13.3. The second-order valence-corrected chi connectivity index (χ2v) is 6.86. The van der Waals surface area contributed by atoms with E-state index < -0.39 is 22.9 Å². The lowest BCUT2D eigenvalue weighted by molar-refractivity contribution is -0.385. The van der Waals surface area contributed by atoms with Crippen LogP contribution in [0.2, 0.25) is 0 Å². The monoisotopic (exact) mass is 411 g/mol. The maximum absolute atomic E-state index is 12.2. The summed E-state index contributed by atoms with van der Waals surface area (Å²) in [7, 11) is 0. The third-order valence-electron chi connectivity index (χ3n) is 4.77. The zero-order chi connectivity index (χ0) is 21.7. The number of nitrogens with one attached hydrogen (secondary N) is 1. The van der Waals surface area contributed by atoms with Gasteiger partial charge in [-0.3, -0.25) is 24.5 Å². The highest BCUT2D eigenvalue weighted by molar-refractivity contribution is 5.98. The van der Waals surface area contributed by atoms with Crippen molar-refractivity contribution in [2.45, 2.75) is 25.9 Å². The number of anilines is 1. The largest absolute Gasteiger partial charge is 0.456 e. The number of carbonyl (C=O) groups excluding carboxylic acids is 3. The Morgan fingerprint density at radius 3 is 2.60 bits per heavy atom. The molecule has 9 nitrogen and oxygen atoms in total. The predicted molar refractivity (Wildman–Crippen MR) is 108 cm³/mol. The number of hydrogen-bond acceptors (Lipinski definition) is 6. The first-order valence-electron chi connectivity index (χ1n) is 9.47. The zero-order valence-corrected chi connectivity index (χ0v) is 16.4. The van der Waals surface area contributed by atoms with E-state index in [1.807, 2.05) is 0 Å². The Kier molecular flexibility index (Phi) is 6.41. The summed E-state index contributed by atoms with van der Waals surface area (Å²) < 4.78 is 5.24. The molecule has 0 unspecified atom stereocenters. The van der Waals surface area contributed by atoms with E-state index in [0.717, 1.165) is 12.1 Å². The number of rotatable bonds is 7. The molecule has 0 radical (unpaired) electrons. The number of nitro benzene ring substituents is 1. The molecule has 1 aliphatic heterocycles. The average Bonchev–Trinajstić information content (AvgIpc) is 3.18. The summed E-state index contributed by atoms with van der Waals surface area (Å²) in [5.74, 6) is -1.05. The Morgan fingerprint density at radius 1 is 1.23 bits per heavy atom. The van der Waals surface area contributed by atoms with Gasteiger partial charge in [-0.2, -0.15) is 0 Å². The second-order valence-electron chi connectivity index (χ2n) is 6.86. The summed E-state index contributed by atoms with van der Waals surface area (Å²) in [6.07, 6.45) is 0.642. The molecule has 2 aromatic carbocycles. The normalized spacial score (nSPS) is 14.3. The molecule has 156 valence electrons. The standard InChI is InChI=1S/C21H21N3O6/c1-14(16-4-2-5-18(12-16)24(28)29)30-20(26)13-22-21(27)15-7-9-17(10-8-15)23-11-3-6-19(23)25/h2,4-5,7-10,12,14H,3,6,11,13H2,1H3,(H,22,27)/t14-/m0/s1. The molecule has 30 heavy (non-hydrogen) atoms. The molecule has 1 N–H and O–H groups in total. The molecule has 0 spiro atoms. The van der Waals surface area contributed by atoms with Crippen molar-refractivity contribution >= 4 is 29.2 Å². The van der Waals surface area contributed by atoms with Gasteiger partial charge in [0, 0.05) is 36.3 Å². The number of benzene rings is 2. The van der Waals surface area contributed by atoms with Gasteiger partial charge in [-0.1, -0.05) is 12.1 Å². The number of carbonyl (C=O) groups is 3. The summed E-state index contributed by atoms with van der Waals surface area (Å²) in [6, 6.07) is 12.4. The van der Waals surface area contributed by atoms with E-state index in [-0.39, 0.29) is 18.1 Å². The van der Waals surface area contributed by atoms with E-state index in [0.29, 0.717) is 24.1 Å². The van der Waals surface area contributed by atoms with Gasteiger partial charge >= 0.3 is 5.97 Å². The Labute approximate surface area is 172 Å². The van der Waals surface area contributed by atoms with E-state index in [1.54, 1.807) is 42.2 Å².